The van der Waals surface area contributed by atoms with Crippen molar-refractivity contribution in [2.45, 2.75) is 6.18 Å². The standard InChI is InChI=1S/C19H14F3N5/c20-19(21,22)14-4-1-2-5-15(14)24-18-25-17-7-3-6-16(27(17)26-18)12-8-10-13(23)11-9-12/h1-11H,23H2,(H,24,26). The number of nitrogen functional groups attached to an aromatic ring is 1. The number of fused-ring (bicyclic) bond motifs is 1. The van der Waals surface area contributed by atoms with E-state index in [-0.39, 0.29) is 11.6 Å². The summed E-state index contributed by atoms with van der Waals surface area (Å²) >= 11 is 0. The van der Waals surface area contributed by atoms with Crippen LogP contribution in [0, 0.1) is 0 Å². The minimum Gasteiger partial charge on any atom is -0.399 e. The lowest BCUT2D eigenvalue weighted by Gasteiger charge is -2.12. The van der Waals surface area contributed by atoms with E-state index < -0.39 is 11.7 Å². The molecule has 2 heterocycles. The van der Waals surface area contributed by atoms with Crippen LogP contribution in [-0.2, 0) is 6.18 Å². The number of hydrogen-bond donors (Lipinski definition) is 2. The predicted molar refractivity (Wildman–Crippen MR) is 97.6 cm³/mol. The fourth-order valence-electron chi connectivity index (χ4n) is 2.79. The van der Waals surface area contributed by atoms with Crippen molar-refractivity contribution >= 4 is 23.0 Å². The maximum atomic E-state index is 13.2. The van der Waals surface area contributed by atoms with Crippen molar-refractivity contribution in [3.63, 3.8) is 0 Å². The summed E-state index contributed by atoms with van der Waals surface area (Å²) in [6.07, 6.45) is -4.47. The number of halogens is 3. The highest BCUT2D eigenvalue weighted by Gasteiger charge is 2.33. The molecular formula is C19H14F3N5. The second-order valence-corrected chi connectivity index (χ2v) is 5.91. The van der Waals surface area contributed by atoms with E-state index in [4.69, 9.17) is 5.73 Å². The molecule has 0 aliphatic heterocycles. The van der Waals surface area contributed by atoms with Gasteiger partial charge >= 0.3 is 6.18 Å². The van der Waals surface area contributed by atoms with Gasteiger partial charge in [-0.25, -0.2) is 4.52 Å². The molecule has 4 aromatic rings. The third-order valence-corrected chi connectivity index (χ3v) is 4.05. The number of rotatable bonds is 3. The van der Waals surface area contributed by atoms with Crippen molar-refractivity contribution < 1.29 is 13.2 Å². The average molecular weight is 369 g/mol. The Balaban J connectivity index is 1.76. The number of hydrogen-bond acceptors (Lipinski definition) is 4. The van der Waals surface area contributed by atoms with Crippen molar-refractivity contribution in [1.29, 1.82) is 0 Å². The molecule has 5 nitrogen and oxygen atoms in total. The van der Waals surface area contributed by atoms with Crippen LogP contribution in [0.3, 0.4) is 0 Å². The van der Waals surface area contributed by atoms with Crippen molar-refractivity contribution in [3.05, 3.63) is 72.3 Å². The molecule has 8 heteroatoms. The first kappa shape index (κ1) is 16.9. The molecular weight excluding hydrogens is 355 g/mol. The van der Waals surface area contributed by atoms with E-state index in [1.54, 1.807) is 22.7 Å². The molecule has 0 amide bonds. The molecule has 0 saturated heterocycles. The molecule has 0 aliphatic carbocycles. The molecule has 136 valence electrons. The van der Waals surface area contributed by atoms with Gasteiger partial charge in [-0.05, 0) is 36.4 Å². The number of aromatic nitrogens is 3. The van der Waals surface area contributed by atoms with E-state index in [1.807, 2.05) is 24.3 Å². The van der Waals surface area contributed by atoms with Crippen LogP contribution in [0.5, 0.6) is 0 Å². The molecule has 0 radical (unpaired) electrons. The van der Waals surface area contributed by atoms with Crippen molar-refractivity contribution in [2.24, 2.45) is 0 Å². The largest absolute Gasteiger partial charge is 0.418 e. The molecule has 0 aliphatic rings. The molecule has 2 aromatic carbocycles. The Labute approximate surface area is 152 Å². The smallest absolute Gasteiger partial charge is 0.399 e. The van der Waals surface area contributed by atoms with Crippen molar-refractivity contribution in [1.82, 2.24) is 14.6 Å². The van der Waals surface area contributed by atoms with Crippen LogP contribution in [0.2, 0.25) is 0 Å². The first-order valence-corrected chi connectivity index (χ1v) is 8.07. The second kappa shape index (κ2) is 6.31. The van der Waals surface area contributed by atoms with Gasteiger partial charge in [-0.3, -0.25) is 0 Å². The van der Waals surface area contributed by atoms with Gasteiger partial charge in [0.05, 0.1) is 16.9 Å². The normalized spacial score (nSPS) is 11.7. The van der Waals surface area contributed by atoms with Crippen LogP contribution >= 0.6 is 0 Å². The zero-order valence-electron chi connectivity index (χ0n) is 13.9. The lowest BCUT2D eigenvalue weighted by atomic mass is 10.1. The van der Waals surface area contributed by atoms with Crippen molar-refractivity contribution in [2.75, 3.05) is 11.1 Å². The maximum absolute atomic E-state index is 13.2. The molecule has 27 heavy (non-hydrogen) atoms. The Morgan fingerprint density at radius 1 is 0.889 bits per heavy atom. The minimum absolute atomic E-state index is 0.0783. The van der Waals surface area contributed by atoms with Crippen LogP contribution in [0.1, 0.15) is 5.56 Å². The zero-order chi connectivity index (χ0) is 19.0. The highest BCUT2D eigenvalue weighted by atomic mass is 19.4. The van der Waals surface area contributed by atoms with Crippen LogP contribution in [-0.4, -0.2) is 14.6 Å². The monoisotopic (exact) mass is 369 g/mol. The molecule has 2 aromatic heterocycles. The quantitative estimate of drug-likeness (QED) is 0.512. The van der Waals surface area contributed by atoms with E-state index in [0.717, 1.165) is 17.3 Å². The Bertz CT molecular complexity index is 1100. The van der Waals surface area contributed by atoms with Gasteiger partial charge in [-0.2, -0.15) is 18.2 Å². The minimum atomic E-state index is -4.47. The first-order chi connectivity index (χ1) is 12.9. The second-order valence-electron chi connectivity index (χ2n) is 5.91. The molecule has 0 saturated carbocycles. The topological polar surface area (TPSA) is 68.2 Å². The van der Waals surface area contributed by atoms with Gasteiger partial charge in [0.25, 0.3) is 0 Å². The number of nitrogens with two attached hydrogens (primary N) is 1. The Hall–Kier alpha value is -3.55. The van der Waals surface area contributed by atoms with Gasteiger partial charge < -0.3 is 11.1 Å². The summed E-state index contributed by atoms with van der Waals surface area (Å²) in [6.45, 7) is 0. The summed E-state index contributed by atoms with van der Waals surface area (Å²) in [4.78, 5) is 4.28. The average Bonchev–Trinajstić information content (AvgIpc) is 3.04. The van der Waals surface area contributed by atoms with E-state index in [9.17, 15) is 13.2 Å². The number of anilines is 3. The number of alkyl halides is 3. The van der Waals surface area contributed by atoms with E-state index in [1.165, 1.54) is 18.2 Å². The van der Waals surface area contributed by atoms with Crippen LogP contribution in [0.4, 0.5) is 30.5 Å². The van der Waals surface area contributed by atoms with Gasteiger partial charge in [0.15, 0.2) is 5.65 Å². The van der Waals surface area contributed by atoms with Crippen LogP contribution < -0.4 is 11.1 Å². The Morgan fingerprint density at radius 3 is 2.37 bits per heavy atom. The van der Waals surface area contributed by atoms with Crippen LogP contribution in [0.25, 0.3) is 16.9 Å². The molecule has 0 atom stereocenters. The number of benzene rings is 2. The highest BCUT2D eigenvalue weighted by Crippen LogP contribution is 2.35. The van der Waals surface area contributed by atoms with Crippen molar-refractivity contribution in [3.8, 4) is 11.3 Å². The summed E-state index contributed by atoms with van der Waals surface area (Å²) in [6, 6.07) is 17.8. The fourth-order valence-corrected chi connectivity index (χ4v) is 2.79. The summed E-state index contributed by atoms with van der Waals surface area (Å²) in [5, 5.41) is 7.00. The van der Waals surface area contributed by atoms with Gasteiger partial charge in [0.1, 0.15) is 0 Å². The van der Waals surface area contributed by atoms with Gasteiger partial charge in [0.2, 0.25) is 5.95 Å². The lowest BCUT2D eigenvalue weighted by Crippen LogP contribution is -2.09. The molecule has 4 rings (SSSR count). The Morgan fingerprint density at radius 2 is 1.63 bits per heavy atom. The van der Waals surface area contributed by atoms with Crippen LogP contribution in [0.15, 0.2) is 66.7 Å². The molecule has 0 bridgehead atoms. The fraction of sp³-hybridized carbons (Fsp3) is 0.0526. The Kier molecular flexibility index (Phi) is 3.95. The number of para-hydroxylation sites is 1. The molecule has 3 N–H and O–H groups in total. The van der Waals surface area contributed by atoms with Gasteiger partial charge in [-0.15, -0.1) is 5.10 Å². The van der Waals surface area contributed by atoms with E-state index in [0.29, 0.717) is 11.3 Å². The summed E-state index contributed by atoms with van der Waals surface area (Å²) in [5.74, 6) is 0.0783. The molecule has 0 fully saturated rings. The third kappa shape index (κ3) is 3.29. The van der Waals surface area contributed by atoms with E-state index >= 15 is 0 Å². The van der Waals surface area contributed by atoms with Gasteiger partial charge in [0, 0.05) is 11.3 Å². The SMILES string of the molecule is Nc1ccc(-c2cccc3nc(Nc4ccccc4C(F)(F)F)nn23)cc1. The number of nitrogens with one attached hydrogen (secondary N) is 1. The molecule has 0 unspecified atom stereocenters. The maximum Gasteiger partial charge on any atom is 0.418 e. The first-order valence-electron chi connectivity index (χ1n) is 8.07. The van der Waals surface area contributed by atoms with E-state index in [2.05, 4.69) is 15.4 Å². The summed E-state index contributed by atoms with van der Waals surface area (Å²) in [5.41, 5.74) is 7.60. The molecule has 0 spiro atoms. The third-order valence-electron chi connectivity index (χ3n) is 4.05. The van der Waals surface area contributed by atoms with Gasteiger partial charge in [-0.1, -0.05) is 30.3 Å². The zero-order valence-corrected chi connectivity index (χ0v) is 13.9. The summed E-state index contributed by atoms with van der Waals surface area (Å²) < 4.78 is 41.1. The summed E-state index contributed by atoms with van der Waals surface area (Å²) in [7, 11) is 0. The number of pyridine rings is 1. The lowest BCUT2D eigenvalue weighted by molar-refractivity contribution is -0.136. The highest BCUT2D eigenvalue weighted by molar-refractivity contribution is 5.67. The predicted octanol–water partition coefficient (Wildman–Crippen LogP) is 4.74. The number of nitrogens with zero attached hydrogens (tertiary/aromatic N) is 3.